The van der Waals surface area contributed by atoms with Gasteiger partial charge in [-0.15, -0.1) is 0 Å². The van der Waals surface area contributed by atoms with Gasteiger partial charge in [0.05, 0.1) is 0 Å². The highest BCUT2D eigenvalue weighted by Gasteiger charge is 2.12. The Morgan fingerprint density at radius 2 is 2.26 bits per heavy atom. The van der Waals surface area contributed by atoms with E-state index in [9.17, 15) is 9.18 Å². The van der Waals surface area contributed by atoms with Gasteiger partial charge in [0.25, 0.3) is 5.91 Å². The van der Waals surface area contributed by atoms with Crippen LogP contribution in [0.3, 0.4) is 0 Å². The number of carbonyl (C=O) groups excluding carboxylic acids is 1. The second-order valence-electron chi connectivity index (χ2n) is 4.47. The number of aromatic amines is 1. The number of nitrogens with zero attached hydrogens (tertiary/aromatic N) is 1. The van der Waals surface area contributed by atoms with Gasteiger partial charge >= 0.3 is 0 Å². The molecule has 100 valence electrons. The Hall–Kier alpha value is -2.17. The molecule has 1 aromatic heterocycles. The quantitative estimate of drug-likeness (QED) is 0.887. The maximum absolute atomic E-state index is 13.9. The zero-order chi connectivity index (χ0) is 13.8. The molecule has 4 nitrogen and oxygen atoms in total. The number of benzene rings is 1. The highest BCUT2D eigenvalue weighted by Crippen LogP contribution is 2.24. The Kier molecular flexibility index (Phi) is 3.94. The molecule has 0 aliphatic rings. The van der Waals surface area contributed by atoms with E-state index in [0.717, 1.165) is 6.42 Å². The first-order valence-corrected chi connectivity index (χ1v) is 6.22. The number of halogens is 1. The number of rotatable bonds is 4. The zero-order valence-electron chi connectivity index (χ0n) is 10.9. The van der Waals surface area contributed by atoms with Gasteiger partial charge in [0.15, 0.2) is 0 Å². The van der Waals surface area contributed by atoms with Gasteiger partial charge in [0, 0.05) is 11.9 Å². The van der Waals surface area contributed by atoms with Crippen molar-refractivity contribution in [1.29, 1.82) is 0 Å². The fraction of sp³-hybridized carbons (Fsp3) is 0.286. The molecule has 0 fully saturated rings. The third-order valence-corrected chi connectivity index (χ3v) is 3.15. The third kappa shape index (κ3) is 2.99. The first-order chi connectivity index (χ1) is 9.11. The van der Waals surface area contributed by atoms with E-state index in [4.69, 9.17) is 0 Å². The van der Waals surface area contributed by atoms with Gasteiger partial charge in [-0.1, -0.05) is 19.9 Å². The minimum Gasteiger partial charge on any atom is -0.321 e. The predicted molar refractivity (Wildman–Crippen MR) is 71.6 cm³/mol. The van der Waals surface area contributed by atoms with Gasteiger partial charge in [-0.25, -0.2) is 4.39 Å². The van der Waals surface area contributed by atoms with Gasteiger partial charge < -0.3 is 5.32 Å². The summed E-state index contributed by atoms with van der Waals surface area (Å²) in [5.41, 5.74) is 1.44. The number of nitrogens with one attached hydrogen (secondary N) is 2. The lowest BCUT2D eigenvalue weighted by molar-refractivity contribution is 0.102. The van der Waals surface area contributed by atoms with Crippen LogP contribution in [0, 0.1) is 5.82 Å². The Morgan fingerprint density at radius 1 is 1.47 bits per heavy atom. The molecule has 2 rings (SSSR count). The topological polar surface area (TPSA) is 57.8 Å². The molecule has 0 saturated carbocycles. The fourth-order valence-corrected chi connectivity index (χ4v) is 1.81. The average molecular weight is 261 g/mol. The van der Waals surface area contributed by atoms with Crippen LogP contribution in [-0.4, -0.2) is 16.1 Å². The zero-order valence-corrected chi connectivity index (χ0v) is 10.9. The van der Waals surface area contributed by atoms with Gasteiger partial charge in [-0.2, -0.15) is 5.10 Å². The normalized spacial score (nSPS) is 12.2. The highest BCUT2D eigenvalue weighted by molar-refractivity contribution is 6.02. The Balaban J connectivity index is 2.14. The number of hydrogen-bond acceptors (Lipinski definition) is 2. The molecule has 0 aliphatic carbocycles. The lowest BCUT2D eigenvalue weighted by Gasteiger charge is -2.11. The first kappa shape index (κ1) is 13.3. The van der Waals surface area contributed by atoms with Crippen LogP contribution >= 0.6 is 0 Å². The van der Waals surface area contributed by atoms with Crippen LogP contribution in [0.25, 0.3) is 0 Å². The van der Waals surface area contributed by atoms with E-state index in [1.165, 1.54) is 12.3 Å². The average Bonchev–Trinajstić information content (AvgIpc) is 2.92. The summed E-state index contributed by atoms with van der Waals surface area (Å²) >= 11 is 0. The number of carbonyl (C=O) groups is 1. The molecule has 0 spiro atoms. The van der Waals surface area contributed by atoms with Crippen molar-refractivity contribution in [3.8, 4) is 0 Å². The van der Waals surface area contributed by atoms with Crippen molar-refractivity contribution in [2.24, 2.45) is 0 Å². The minimum atomic E-state index is -0.340. The highest BCUT2D eigenvalue weighted by atomic mass is 19.1. The molecule has 1 unspecified atom stereocenters. The molecule has 0 radical (unpaired) electrons. The number of anilines is 1. The maximum atomic E-state index is 13.9. The van der Waals surface area contributed by atoms with Crippen molar-refractivity contribution < 1.29 is 9.18 Å². The lowest BCUT2D eigenvalue weighted by Crippen LogP contribution is -2.12. The fourth-order valence-electron chi connectivity index (χ4n) is 1.81. The summed E-state index contributed by atoms with van der Waals surface area (Å²) in [6.45, 7) is 3.99. The Labute approximate surface area is 111 Å². The molecular weight excluding hydrogens is 245 g/mol. The molecule has 0 aliphatic heterocycles. The SMILES string of the molecule is CCC(C)c1ccc(NC(=O)c2ccn[nH]2)cc1F. The molecule has 1 amide bonds. The third-order valence-electron chi connectivity index (χ3n) is 3.15. The molecule has 19 heavy (non-hydrogen) atoms. The van der Waals surface area contributed by atoms with Gasteiger partial charge in [-0.05, 0) is 36.1 Å². The molecule has 2 N–H and O–H groups in total. The van der Waals surface area contributed by atoms with Gasteiger partial charge in [0.1, 0.15) is 11.5 Å². The Bertz CT molecular complexity index is 566. The van der Waals surface area contributed by atoms with Crippen molar-refractivity contribution >= 4 is 11.6 Å². The van der Waals surface area contributed by atoms with Crippen molar-refractivity contribution in [1.82, 2.24) is 10.2 Å². The van der Waals surface area contributed by atoms with Crippen LogP contribution in [0.1, 0.15) is 42.2 Å². The van der Waals surface area contributed by atoms with Crippen LogP contribution in [-0.2, 0) is 0 Å². The molecule has 1 heterocycles. The molecule has 1 aromatic carbocycles. The summed E-state index contributed by atoms with van der Waals surface area (Å²) < 4.78 is 13.9. The van der Waals surface area contributed by atoms with Crippen molar-refractivity contribution in [3.05, 3.63) is 47.5 Å². The van der Waals surface area contributed by atoms with E-state index in [1.807, 2.05) is 13.8 Å². The van der Waals surface area contributed by atoms with E-state index in [0.29, 0.717) is 16.9 Å². The second kappa shape index (κ2) is 5.65. The summed E-state index contributed by atoms with van der Waals surface area (Å²) in [7, 11) is 0. The molecule has 1 atom stereocenters. The summed E-state index contributed by atoms with van der Waals surface area (Å²) in [4.78, 5) is 11.8. The second-order valence-corrected chi connectivity index (χ2v) is 4.47. The van der Waals surface area contributed by atoms with Crippen LogP contribution in [0.4, 0.5) is 10.1 Å². The number of aromatic nitrogens is 2. The predicted octanol–water partition coefficient (Wildman–Crippen LogP) is 3.31. The summed E-state index contributed by atoms with van der Waals surface area (Å²) in [6, 6.07) is 6.32. The first-order valence-electron chi connectivity index (χ1n) is 6.22. The summed E-state index contributed by atoms with van der Waals surface area (Å²) in [5.74, 6) is -0.470. The molecule has 2 aromatic rings. The van der Waals surface area contributed by atoms with Crippen LogP contribution in [0.5, 0.6) is 0 Å². The standard InChI is InChI=1S/C14H16FN3O/c1-3-9(2)11-5-4-10(8-12(11)15)17-14(19)13-6-7-16-18-13/h4-9H,3H2,1-2H3,(H,16,18)(H,17,19). The van der Waals surface area contributed by atoms with Gasteiger partial charge in [-0.3, -0.25) is 9.89 Å². The van der Waals surface area contributed by atoms with E-state index < -0.39 is 0 Å². The van der Waals surface area contributed by atoms with Gasteiger partial charge in [0.2, 0.25) is 0 Å². The number of amides is 1. The van der Waals surface area contributed by atoms with E-state index in [1.54, 1.807) is 18.2 Å². The van der Waals surface area contributed by atoms with E-state index in [-0.39, 0.29) is 17.6 Å². The molecule has 5 heteroatoms. The minimum absolute atomic E-state index is 0.164. The number of H-pyrrole nitrogens is 1. The van der Waals surface area contributed by atoms with Crippen molar-refractivity contribution in [3.63, 3.8) is 0 Å². The lowest BCUT2D eigenvalue weighted by atomic mass is 9.98. The van der Waals surface area contributed by atoms with Crippen LogP contribution in [0.2, 0.25) is 0 Å². The largest absolute Gasteiger partial charge is 0.321 e. The van der Waals surface area contributed by atoms with Crippen molar-refractivity contribution in [2.75, 3.05) is 5.32 Å². The van der Waals surface area contributed by atoms with E-state index >= 15 is 0 Å². The smallest absolute Gasteiger partial charge is 0.273 e. The number of hydrogen-bond donors (Lipinski definition) is 2. The van der Waals surface area contributed by atoms with E-state index in [2.05, 4.69) is 15.5 Å². The van der Waals surface area contributed by atoms with Crippen molar-refractivity contribution in [2.45, 2.75) is 26.2 Å². The molecular formula is C14H16FN3O. The summed E-state index contributed by atoms with van der Waals surface area (Å²) in [6.07, 6.45) is 2.36. The molecule has 0 saturated heterocycles. The van der Waals surface area contributed by atoms with Crippen LogP contribution in [0.15, 0.2) is 30.5 Å². The Morgan fingerprint density at radius 3 is 2.84 bits per heavy atom. The monoisotopic (exact) mass is 261 g/mol. The van der Waals surface area contributed by atoms with Crippen LogP contribution < -0.4 is 5.32 Å². The maximum Gasteiger partial charge on any atom is 0.273 e. The summed E-state index contributed by atoms with van der Waals surface area (Å²) in [5, 5.41) is 8.86. The molecule has 0 bridgehead atoms.